The molecule has 1 aromatic carbocycles. The number of nitrogens with one attached hydrogen (secondary N) is 1. The number of alkyl halides is 2. The molecule has 0 bridgehead atoms. The number of benzene rings is 1. The predicted octanol–water partition coefficient (Wildman–Crippen LogP) is 2.67. The Hall–Kier alpha value is -2.62. The molecule has 0 heterocycles. The second kappa shape index (κ2) is 7.74. The molecular formula is C13H12F2N2O3. The van der Waals surface area contributed by atoms with E-state index in [1.807, 2.05) is 0 Å². The minimum atomic E-state index is -2.89. The molecule has 0 unspecified atom stereocenters. The fraction of sp³-hybridized carbons (Fsp3) is 0.231. The van der Waals surface area contributed by atoms with Crippen molar-refractivity contribution >= 4 is 11.7 Å². The third-order valence-corrected chi connectivity index (χ3v) is 2.08. The van der Waals surface area contributed by atoms with E-state index in [0.717, 1.165) is 0 Å². The summed E-state index contributed by atoms with van der Waals surface area (Å²) in [6.45, 7) is -1.10. The van der Waals surface area contributed by atoms with Crippen molar-refractivity contribution in [1.82, 2.24) is 0 Å². The highest BCUT2D eigenvalue weighted by molar-refractivity contribution is 5.93. The van der Waals surface area contributed by atoms with Crippen LogP contribution >= 0.6 is 0 Å². The lowest BCUT2D eigenvalue weighted by molar-refractivity contribution is -0.138. The number of anilines is 1. The van der Waals surface area contributed by atoms with Crippen molar-refractivity contribution in [2.45, 2.75) is 13.5 Å². The van der Waals surface area contributed by atoms with Crippen molar-refractivity contribution in [2.24, 2.45) is 0 Å². The second-order valence-corrected chi connectivity index (χ2v) is 3.44. The minimum absolute atomic E-state index is 0.0143. The zero-order valence-electron chi connectivity index (χ0n) is 10.6. The molecule has 0 spiro atoms. The van der Waals surface area contributed by atoms with Crippen molar-refractivity contribution in [2.75, 3.05) is 11.9 Å². The summed E-state index contributed by atoms with van der Waals surface area (Å²) in [5.41, 5.74) is 0.309. The number of ether oxygens (including phenoxy) is 2. The lowest BCUT2D eigenvalue weighted by Crippen LogP contribution is -2.07. The van der Waals surface area contributed by atoms with Crippen LogP contribution in [-0.2, 0) is 9.53 Å². The molecule has 7 heteroatoms. The molecule has 0 aliphatic carbocycles. The lowest BCUT2D eigenvalue weighted by atomic mass is 10.3. The van der Waals surface area contributed by atoms with E-state index in [2.05, 4.69) is 14.8 Å². The number of halogens is 2. The van der Waals surface area contributed by atoms with Crippen LogP contribution in [0.25, 0.3) is 0 Å². The van der Waals surface area contributed by atoms with Crippen LogP contribution in [0.5, 0.6) is 5.75 Å². The molecule has 0 saturated heterocycles. The van der Waals surface area contributed by atoms with E-state index < -0.39 is 12.6 Å². The van der Waals surface area contributed by atoms with Crippen molar-refractivity contribution in [3.8, 4) is 11.8 Å². The number of nitrogens with zero attached hydrogens (tertiary/aromatic N) is 1. The molecule has 1 aromatic rings. The van der Waals surface area contributed by atoms with E-state index in [0.29, 0.717) is 5.69 Å². The zero-order chi connectivity index (χ0) is 15.0. The van der Waals surface area contributed by atoms with Crippen LogP contribution in [0.4, 0.5) is 14.5 Å². The molecule has 106 valence electrons. The van der Waals surface area contributed by atoms with Gasteiger partial charge in [-0.2, -0.15) is 14.0 Å². The Morgan fingerprint density at radius 2 is 2.10 bits per heavy atom. The Bertz CT molecular complexity index is 521. The zero-order valence-corrected chi connectivity index (χ0v) is 10.6. The monoisotopic (exact) mass is 282 g/mol. The molecule has 0 saturated carbocycles. The third kappa shape index (κ3) is 4.94. The molecule has 0 aliphatic rings. The van der Waals surface area contributed by atoms with E-state index in [-0.39, 0.29) is 17.9 Å². The number of hydrogen-bond donors (Lipinski definition) is 1. The van der Waals surface area contributed by atoms with Crippen LogP contribution < -0.4 is 10.1 Å². The van der Waals surface area contributed by atoms with Crippen LogP contribution in [0.3, 0.4) is 0 Å². The number of carbonyl (C=O) groups is 1. The first-order valence-corrected chi connectivity index (χ1v) is 5.65. The highest BCUT2D eigenvalue weighted by Crippen LogP contribution is 2.17. The molecule has 0 aliphatic heterocycles. The van der Waals surface area contributed by atoms with Gasteiger partial charge in [0.15, 0.2) is 5.57 Å². The van der Waals surface area contributed by atoms with Gasteiger partial charge in [-0.25, -0.2) is 4.79 Å². The molecule has 0 aromatic heterocycles. The van der Waals surface area contributed by atoms with Crippen molar-refractivity contribution in [3.05, 3.63) is 36.0 Å². The van der Waals surface area contributed by atoms with Gasteiger partial charge in [0.05, 0.1) is 6.61 Å². The van der Waals surface area contributed by atoms with E-state index in [4.69, 9.17) is 5.26 Å². The molecular weight excluding hydrogens is 270 g/mol. The summed E-state index contributed by atoms with van der Waals surface area (Å²) in [5, 5.41) is 11.5. The van der Waals surface area contributed by atoms with Gasteiger partial charge in [0.2, 0.25) is 0 Å². The van der Waals surface area contributed by atoms with Gasteiger partial charge in [0, 0.05) is 11.9 Å². The van der Waals surface area contributed by atoms with Gasteiger partial charge in [-0.05, 0) is 31.2 Å². The second-order valence-electron chi connectivity index (χ2n) is 3.44. The number of nitriles is 1. The molecule has 1 N–H and O–H groups in total. The summed E-state index contributed by atoms with van der Waals surface area (Å²) >= 11 is 0. The Balaban J connectivity index is 2.68. The molecule has 0 fully saturated rings. The van der Waals surface area contributed by atoms with Gasteiger partial charge in [-0.1, -0.05) is 0 Å². The van der Waals surface area contributed by atoms with E-state index in [1.54, 1.807) is 13.0 Å². The van der Waals surface area contributed by atoms with E-state index in [9.17, 15) is 13.6 Å². The Labute approximate surface area is 114 Å². The van der Waals surface area contributed by atoms with E-state index >= 15 is 0 Å². The average Bonchev–Trinajstić information content (AvgIpc) is 2.41. The SMILES string of the molecule is CCOC(=O)C(C#N)=CNc1ccc(OC(F)F)cc1. The predicted molar refractivity (Wildman–Crippen MR) is 67.0 cm³/mol. The fourth-order valence-corrected chi connectivity index (χ4v) is 1.23. The molecule has 0 amide bonds. The standard InChI is InChI=1S/C13H12F2N2O3/c1-2-19-12(18)9(7-16)8-17-10-3-5-11(6-4-10)20-13(14)15/h3-6,8,13,17H,2H2,1H3. The van der Waals surface area contributed by atoms with Crippen LogP contribution in [0, 0.1) is 11.3 Å². The Kier molecular flexibility index (Phi) is 5.97. The third-order valence-electron chi connectivity index (χ3n) is 2.08. The molecule has 20 heavy (non-hydrogen) atoms. The summed E-state index contributed by atoms with van der Waals surface area (Å²) in [4.78, 5) is 11.3. The average molecular weight is 282 g/mol. The summed E-state index contributed by atoms with van der Waals surface area (Å²) in [7, 11) is 0. The maximum atomic E-state index is 11.9. The summed E-state index contributed by atoms with van der Waals surface area (Å²) in [5.74, 6) is -0.722. The largest absolute Gasteiger partial charge is 0.462 e. The fourth-order valence-electron chi connectivity index (χ4n) is 1.23. The smallest absolute Gasteiger partial charge is 0.387 e. The first-order valence-electron chi connectivity index (χ1n) is 5.65. The van der Waals surface area contributed by atoms with Gasteiger partial charge in [0.25, 0.3) is 0 Å². The summed E-state index contributed by atoms with van der Waals surface area (Å²) in [6, 6.07) is 7.29. The molecule has 5 nitrogen and oxygen atoms in total. The van der Waals surface area contributed by atoms with Crippen LogP contribution in [-0.4, -0.2) is 19.2 Å². The van der Waals surface area contributed by atoms with Crippen molar-refractivity contribution < 1.29 is 23.0 Å². The van der Waals surface area contributed by atoms with Gasteiger partial charge >= 0.3 is 12.6 Å². The van der Waals surface area contributed by atoms with Gasteiger partial charge in [-0.15, -0.1) is 0 Å². The minimum Gasteiger partial charge on any atom is -0.462 e. The van der Waals surface area contributed by atoms with Crippen LogP contribution in [0.15, 0.2) is 36.0 Å². The number of carbonyl (C=O) groups excluding carboxylic acids is 1. The summed E-state index contributed by atoms with van der Waals surface area (Å²) in [6.07, 6.45) is 1.18. The lowest BCUT2D eigenvalue weighted by Gasteiger charge is -2.06. The number of rotatable bonds is 6. The topological polar surface area (TPSA) is 71.4 Å². The Morgan fingerprint density at radius 3 is 2.60 bits per heavy atom. The molecule has 1 rings (SSSR count). The van der Waals surface area contributed by atoms with Crippen LogP contribution in [0.1, 0.15) is 6.92 Å². The number of esters is 1. The molecule has 0 atom stereocenters. The highest BCUT2D eigenvalue weighted by atomic mass is 19.3. The van der Waals surface area contributed by atoms with E-state index in [1.165, 1.54) is 30.5 Å². The highest BCUT2D eigenvalue weighted by Gasteiger charge is 2.09. The van der Waals surface area contributed by atoms with Crippen LogP contribution in [0.2, 0.25) is 0 Å². The van der Waals surface area contributed by atoms with Gasteiger partial charge < -0.3 is 14.8 Å². The quantitative estimate of drug-likeness (QED) is 0.493. The Morgan fingerprint density at radius 1 is 1.45 bits per heavy atom. The van der Waals surface area contributed by atoms with Gasteiger partial charge in [0.1, 0.15) is 11.8 Å². The first kappa shape index (κ1) is 15.4. The first-order chi connectivity index (χ1) is 9.56. The number of hydrogen-bond acceptors (Lipinski definition) is 5. The normalized spacial score (nSPS) is 10.8. The van der Waals surface area contributed by atoms with Crippen molar-refractivity contribution in [3.63, 3.8) is 0 Å². The maximum absolute atomic E-state index is 11.9. The maximum Gasteiger partial charge on any atom is 0.387 e. The molecule has 0 radical (unpaired) electrons. The summed E-state index contributed by atoms with van der Waals surface area (Å²) < 4.78 is 32.8. The van der Waals surface area contributed by atoms with Gasteiger partial charge in [-0.3, -0.25) is 0 Å². The van der Waals surface area contributed by atoms with Crippen molar-refractivity contribution in [1.29, 1.82) is 5.26 Å².